The molecule has 2 aliphatic rings. The molecule has 3 rings (SSSR count). The number of hydrogen-bond acceptors (Lipinski definition) is 3. The number of aliphatic hydroxyl groups is 1. The van der Waals surface area contributed by atoms with Crippen LogP contribution in [0.2, 0.25) is 0 Å². The monoisotopic (exact) mass is 245 g/mol. The van der Waals surface area contributed by atoms with Gasteiger partial charge in [-0.15, -0.1) is 0 Å². The lowest BCUT2D eigenvalue weighted by Gasteiger charge is -2.32. The molecule has 2 atom stereocenters. The molecule has 1 aromatic carbocycles. The van der Waals surface area contributed by atoms with E-state index in [0.29, 0.717) is 24.1 Å². The molecule has 18 heavy (non-hydrogen) atoms. The number of anilines is 1. The summed E-state index contributed by atoms with van der Waals surface area (Å²) in [6.45, 7) is 0. The van der Waals surface area contributed by atoms with Crippen LogP contribution in [0.25, 0.3) is 0 Å². The minimum Gasteiger partial charge on any atom is -0.375 e. The van der Waals surface area contributed by atoms with E-state index in [-0.39, 0.29) is 5.78 Å². The van der Waals surface area contributed by atoms with Gasteiger partial charge >= 0.3 is 0 Å². The number of Topliss-reactive ketones (excluding diaryl/α,β-unsaturated/α-hetero) is 1. The Labute approximate surface area is 105 Å². The molecule has 1 heterocycles. The van der Waals surface area contributed by atoms with Crippen LogP contribution in [0.15, 0.2) is 24.3 Å². The van der Waals surface area contributed by atoms with Crippen LogP contribution in [0.5, 0.6) is 0 Å². The normalized spacial score (nSPS) is 31.1. The molecule has 0 aromatic heterocycles. The van der Waals surface area contributed by atoms with E-state index >= 15 is 0 Å². The first-order chi connectivity index (χ1) is 8.64. The Morgan fingerprint density at radius 3 is 2.78 bits per heavy atom. The third-order valence-corrected chi connectivity index (χ3v) is 3.99. The van der Waals surface area contributed by atoms with Gasteiger partial charge in [-0.1, -0.05) is 24.6 Å². The molecule has 1 aromatic rings. The maximum absolute atomic E-state index is 12.1. The molecular formula is C14H15NO3. The van der Waals surface area contributed by atoms with Crippen LogP contribution < -0.4 is 5.32 Å². The van der Waals surface area contributed by atoms with Crippen LogP contribution in [-0.4, -0.2) is 16.8 Å². The molecule has 1 unspecified atom stereocenters. The second kappa shape index (κ2) is 3.92. The molecule has 4 heteroatoms. The Balaban J connectivity index is 2.08. The summed E-state index contributed by atoms with van der Waals surface area (Å²) in [6.07, 6.45) is 2.78. The molecule has 0 bridgehead atoms. The molecule has 1 saturated carbocycles. The molecule has 1 aliphatic carbocycles. The van der Waals surface area contributed by atoms with Gasteiger partial charge in [0.2, 0.25) is 0 Å². The van der Waals surface area contributed by atoms with Gasteiger partial charge in [-0.2, -0.15) is 0 Å². The summed E-state index contributed by atoms with van der Waals surface area (Å²) in [4.78, 5) is 24.1. The molecule has 0 saturated heterocycles. The largest absolute Gasteiger partial charge is 0.375 e. The van der Waals surface area contributed by atoms with Gasteiger partial charge in [0.05, 0.1) is 5.92 Å². The van der Waals surface area contributed by atoms with Crippen LogP contribution in [0.1, 0.15) is 31.2 Å². The first kappa shape index (κ1) is 11.4. The number of amides is 1. The molecule has 1 fully saturated rings. The van der Waals surface area contributed by atoms with Crippen molar-refractivity contribution in [2.75, 3.05) is 5.32 Å². The first-order valence-electron chi connectivity index (χ1n) is 6.30. The molecule has 0 radical (unpaired) electrons. The van der Waals surface area contributed by atoms with Gasteiger partial charge in [-0.25, -0.2) is 0 Å². The highest BCUT2D eigenvalue weighted by atomic mass is 16.3. The number of benzene rings is 1. The van der Waals surface area contributed by atoms with Crippen molar-refractivity contribution in [1.29, 1.82) is 0 Å². The third-order valence-electron chi connectivity index (χ3n) is 3.99. The van der Waals surface area contributed by atoms with Crippen LogP contribution in [0.4, 0.5) is 5.69 Å². The van der Waals surface area contributed by atoms with Gasteiger partial charge in [0.1, 0.15) is 5.78 Å². The Morgan fingerprint density at radius 1 is 1.22 bits per heavy atom. The Bertz CT molecular complexity index is 526. The lowest BCUT2D eigenvalue weighted by atomic mass is 9.73. The Morgan fingerprint density at radius 2 is 2.00 bits per heavy atom. The summed E-state index contributed by atoms with van der Waals surface area (Å²) in [6, 6.07) is 7.04. The Hall–Kier alpha value is -1.68. The zero-order chi connectivity index (χ0) is 12.8. The fourth-order valence-corrected chi connectivity index (χ4v) is 3.04. The summed E-state index contributed by atoms with van der Waals surface area (Å²) >= 11 is 0. The Kier molecular flexibility index (Phi) is 2.48. The van der Waals surface area contributed by atoms with Crippen LogP contribution in [0.3, 0.4) is 0 Å². The van der Waals surface area contributed by atoms with Crippen molar-refractivity contribution < 1.29 is 14.7 Å². The van der Waals surface area contributed by atoms with Gasteiger partial charge in [-0.05, 0) is 18.9 Å². The second-order valence-electron chi connectivity index (χ2n) is 5.03. The standard InChI is InChI=1S/C14H15NO3/c16-12-8-4-2-6-10(12)14(18)9-5-1-3-7-11(9)15-13(14)17/h1,3,5,7,10,18H,2,4,6,8H2,(H,15,17)/t10?,14-/m0/s1. The van der Waals surface area contributed by atoms with Crippen LogP contribution >= 0.6 is 0 Å². The van der Waals surface area contributed by atoms with Gasteiger partial charge < -0.3 is 10.4 Å². The van der Waals surface area contributed by atoms with E-state index in [1.807, 2.05) is 0 Å². The van der Waals surface area contributed by atoms with Crippen molar-refractivity contribution in [2.45, 2.75) is 31.3 Å². The number of carbonyl (C=O) groups is 2. The van der Waals surface area contributed by atoms with E-state index in [1.165, 1.54) is 0 Å². The average Bonchev–Trinajstić information content (AvgIpc) is 2.63. The highest BCUT2D eigenvalue weighted by Gasteiger charge is 2.53. The van der Waals surface area contributed by atoms with E-state index in [9.17, 15) is 14.7 Å². The molecule has 1 amide bonds. The van der Waals surface area contributed by atoms with Crippen molar-refractivity contribution in [2.24, 2.45) is 5.92 Å². The van der Waals surface area contributed by atoms with E-state index in [0.717, 1.165) is 12.8 Å². The quantitative estimate of drug-likeness (QED) is 0.789. The van der Waals surface area contributed by atoms with Crippen molar-refractivity contribution >= 4 is 17.4 Å². The number of fused-ring (bicyclic) bond motifs is 1. The highest BCUT2D eigenvalue weighted by Crippen LogP contribution is 2.44. The fraction of sp³-hybridized carbons (Fsp3) is 0.429. The maximum atomic E-state index is 12.1. The molecular weight excluding hydrogens is 230 g/mol. The minimum atomic E-state index is -1.67. The number of ketones is 1. The first-order valence-corrected chi connectivity index (χ1v) is 6.30. The van der Waals surface area contributed by atoms with Crippen LogP contribution in [0, 0.1) is 5.92 Å². The highest BCUT2D eigenvalue weighted by molar-refractivity contribution is 6.07. The number of para-hydroxylation sites is 1. The molecule has 1 aliphatic heterocycles. The summed E-state index contributed by atoms with van der Waals surface area (Å²) in [5.41, 5.74) is -0.521. The SMILES string of the molecule is O=C1CCCCC1[C@]1(O)C(=O)Nc2ccccc21. The van der Waals surface area contributed by atoms with E-state index in [2.05, 4.69) is 5.32 Å². The molecule has 0 spiro atoms. The van der Waals surface area contributed by atoms with Crippen LogP contribution in [-0.2, 0) is 15.2 Å². The zero-order valence-corrected chi connectivity index (χ0v) is 9.98. The van der Waals surface area contributed by atoms with Gasteiger partial charge in [0.25, 0.3) is 5.91 Å². The lowest BCUT2D eigenvalue weighted by molar-refractivity contribution is -0.150. The van der Waals surface area contributed by atoms with Gasteiger partial charge in [-0.3, -0.25) is 9.59 Å². The van der Waals surface area contributed by atoms with E-state index < -0.39 is 17.4 Å². The maximum Gasteiger partial charge on any atom is 0.261 e. The second-order valence-corrected chi connectivity index (χ2v) is 5.03. The molecule has 94 valence electrons. The van der Waals surface area contributed by atoms with Gasteiger partial charge in [0, 0.05) is 17.7 Å². The van der Waals surface area contributed by atoms with Crippen molar-refractivity contribution in [3.63, 3.8) is 0 Å². The molecule has 4 nitrogen and oxygen atoms in total. The lowest BCUT2D eigenvalue weighted by Crippen LogP contribution is -2.46. The summed E-state index contributed by atoms with van der Waals surface area (Å²) in [5, 5.41) is 13.4. The summed E-state index contributed by atoms with van der Waals surface area (Å²) in [7, 11) is 0. The smallest absolute Gasteiger partial charge is 0.261 e. The third kappa shape index (κ3) is 1.42. The van der Waals surface area contributed by atoms with Crippen molar-refractivity contribution in [1.82, 2.24) is 0 Å². The fourth-order valence-electron chi connectivity index (χ4n) is 3.04. The van der Waals surface area contributed by atoms with Crippen molar-refractivity contribution in [3.8, 4) is 0 Å². The number of hydrogen-bond donors (Lipinski definition) is 2. The summed E-state index contributed by atoms with van der Waals surface area (Å²) in [5.74, 6) is -1.07. The summed E-state index contributed by atoms with van der Waals surface area (Å²) < 4.78 is 0. The van der Waals surface area contributed by atoms with E-state index in [1.54, 1.807) is 24.3 Å². The van der Waals surface area contributed by atoms with Crippen molar-refractivity contribution in [3.05, 3.63) is 29.8 Å². The van der Waals surface area contributed by atoms with Gasteiger partial charge in [0.15, 0.2) is 5.60 Å². The minimum absolute atomic E-state index is 0.00407. The van der Waals surface area contributed by atoms with E-state index in [4.69, 9.17) is 0 Å². The number of nitrogens with one attached hydrogen (secondary N) is 1. The number of carbonyl (C=O) groups excluding carboxylic acids is 2. The predicted octanol–water partition coefficient (Wildman–Crippen LogP) is 1.59. The zero-order valence-electron chi connectivity index (χ0n) is 9.98. The predicted molar refractivity (Wildman–Crippen MR) is 65.9 cm³/mol. The molecule has 2 N–H and O–H groups in total. The average molecular weight is 245 g/mol. The number of rotatable bonds is 1. The topological polar surface area (TPSA) is 66.4 Å².